The highest BCUT2D eigenvalue weighted by Crippen LogP contribution is 2.21. The van der Waals surface area contributed by atoms with Gasteiger partial charge in [-0.1, -0.05) is 18.2 Å². The average Bonchev–Trinajstić information content (AvgIpc) is 2.81. The molecule has 1 N–H and O–H groups in total. The molecule has 92 valence electrons. The summed E-state index contributed by atoms with van der Waals surface area (Å²) >= 11 is 0. The molecule has 3 rings (SSSR count). The summed E-state index contributed by atoms with van der Waals surface area (Å²) in [6.45, 7) is 8.03. The van der Waals surface area contributed by atoms with E-state index in [1.807, 2.05) is 0 Å². The molecular weight excluding hydrogens is 210 g/mol. The lowest BCUT2D eigenvalue weighted by molar-refractivity contribution is 0.148. The molecule has 0 atom stereocenters. The zero-order valence-corrected chi connectivity index (χ0v) is 10.6. The molecule has 0 spiro atoms. The van der Waals surface area contributed by atoms with E-state index in [1.54, 1.807) is 5.56 Å². The highest BCUT2D eigenvalue weighted by Gasteiger charge is 2.18. The second-order valence-corrected chi connectivity index (χ2v) is 5.24. The van der Waals surface area contributed by atoms with Gasteiger partial charge < -0.3 is 10.2 Å². The van der Waals surface area contributed by atoms with Crippen molar-refractivity contribution in [3.8, 4) is 0 Å². The van der Waals surface area contributed by atoms with Crippen LogP contribution in [0.15, 0.2) is 18.2 Å². The van der Waals surface area contributed by atoms with Gasteiger partial charge in [0, 0.05) is 45.8 Å². The molecule has 0 aliphatic carbocycles. The number of benzene rings is 1. The zero-order chi connectivity index (χ0) is 11.7. The second-order valence-electron chi connectivity index (χ2n) is 5.24. The number of nitrogens with zero attached hydrogens (tertiary/aromatic N) is 2. The van der Waals surface area contributed by atoms with Crippen LogP contribution in [0.5, 0.6) is 0 Å². The maximum absolute atomic E-state index is 3.45. The molecule has 1 saturated heterocycles. The first-order chi connectivity index (χ1) is 8.33. The largest absolute Gasteiger partial charge is 0.309 e. The number of nitrogens with one attached hydrogen (secondary N) is 1. The summed E-state index contributed by atoms with van der Waals surface area (Å²) in [7, 11) is 2.21. The van der Waals surface area contributed by atoms with Gasteiger partial charge in [-0.2, -0.15) is 0 Å². The lowest BCUT2D eigenvalue weighted by atomic mass is 10.0. The van der Waals surface area contributed by atoms with E-state index < -0.39 is 0 Å². The highest BCUT2D eigenvalue weighted by molar-refractivity contribution is 5.37. The Hall–Kier alpha value is -0.900. The summed E-state index contributed by atoms with van der Waals surface area (Å²) in [5, 5.41) is 3.45. The minimum Gasteiger partial charge on any atom is -0.309 e. The normalized spacial score (nSPS) is 21.7. The molecule has 0 aromatic heterocycles. The van der Waals surface area contributed by atoms with Crippen LogP contribution in [-0.4, -0.2) is 43.0 Å². The van der Waals surface area contributed by atoms with Crippen molar-refractivity contribution in [3.05, 3.63) is 34.9 Å². The topological polar surface area (TPSA) is 18.5 Å². The smallest absolute Gasteiger partial charge is 0.0238 e. The summed E-state index contributed by atoms with van der Waals surface area (Å²) in [4.78, 5) is 4.99. The average molecular weight is 231 g/mol. The first-order valence-corrected chi connectivity index (χ1v) is 6.54. The minimum atomic E-state index is 1.05. The first-order valence-electron chi connectivity index (χ1n) is 6.54. The van der Waals surface area contributed by atoms with E-state index >= 15 is 0 Å². The van der Waals surface area contributed by atoms with E-state index in [0.29, 0.717) is 0 Å². The minimum absolute atomic E-state index is 1.05. The molecule has 0 amide bonds. The molecule has 2 aliphatic heterocycles. The standard InChI is InChI=1S/C14H21N3/c1-16-5-7-17(8-6-16)11-13-4-2-3-12-9-15-10-14(12)13/h2-4,15H,5-11H2,1H3. The third-order valence-corrected chi connectivity index (χ3v) is 3.98. The molecule has 0 unspecified atom stereocenters. The van der Waals surface area contributed by atoms with Crippen LogP contribution < -0.4 is 5.32 Å². The fraction of sp³-hybridized carbons (Fsp3) is 0.571. The zero-order valence-electron chi connectivity index (χ0n) is 10.6. The molecular formula is C14H21N3. The highest BCUT2D eigenvalue weighted by atomic mass is 15.2. The van der Waals surface area contributed by atoms with Gasteiger partial charge in [-0.15, -0.1) is 0 Å². The van der Waals surface area contributed by atoms with Crippen molar-refractivity contribution in [2.45, 2.75) is 19.6 Å². The third-order valence-electron chi connectivity index (χ3n) is 3.98. The monoisotopic (exact) mass is 231 g/mol. The Morgan fingerprint density at radius 3 is 2.76 bits per heavy atom. The molecule has 2 heterocycles. The van der Waals surface area contributed by atoms with Crippen LogP contribution in [0, 0.1) is 0 Å². The molecule has 1 aromatic carbocycles. The van der Waals surface area contributed by atoms with Crippen molar-refractivity contribution in [1.29, 1.82) is 0 Å². The van der Waals surface area contributed by atoms with E-state index in [4.69, 9.17) is 0 Å². The van der Waals surface area contributed by atoms with E-state index in [-0.39, 0.29) is 0 Å². The van der Waals surface area contributed by atoms with Crippen molar-refractivity contribution < 1.29 is 0 Å². The Bertz CT molecular complexity index is 394. The molecule has 3 nitrogen and oxygen atoms in total. The number of hydrogen-bond acceptors (Lipinski definition) is 3. The fourth-order valence-corrected chi connectivity index (χ4v) is 2.80. The molecule has 1 fully saturated rings. The number of likely N-dealkylation sites (N-methyl/N-ethyl adjacent to an activating group) is 1. The summed E-state index contributed by atoms with van der Waals surface area (Å²) in [5.74, 6) is 0. The summed E-state index contributed by atoms with van der Waals surface area (Å²) in [6.07, 6.45) is 0. The number of rotatable bonds is 2. The Morgan fingerprint density at radius 2 is 1.94 bits per heavy atom. The van der Waals surface area contributed by atoms with Crippen molar-refractivity contribution in [2.24, 2.45) is 0 Å². The van der Waals surface area contributed by atoms with Crippen LogP contribution in [0.25, 0.3) is 0 Å². The summed E-state index contributed by atoms with van der Waals surface area (Å²) in [5.41, 5.74) is 4.57. The van der Waals surface area contributed by atoms with E-state index in [1.165, 1.54) is 37.3 Å². The maximum Gasteiger partial charge on any atom is 0.0238 e. The van der Waals surface area contributed by atoms with Gasteiger partial charge in [0.05, 0.1) is 0 Å². The quantitative estimate of drug-likeness (QED) is 0.820. The molecule has 0 saturated carbocycles. The van der Waals surface area contributed by atoms with Gasteiger partial charge in [0.1, 0.15) is 0 Å². The van der Waals surface area contributed by atoms with Crippen LogP contribution in [0.1, 0.15) is 16.7 Å². The Morgan fingerprint density at radius 1 is 1.12 bits per heavy atom. The van der Waals surface area contributed by atoms with E-state index in [2.05, 4.69) is 40.4 Å². The predicted molar refractivity (Wildman–Crippen MR) is 69.8 cm³/mol. The van der Waals surface area contributed by atoms with Crippen LogP contribution >= 0.6 is 0 Å². The fourth-order valence-electron chi connectivity index (χ4n) is 2.80. The number of piperazine rings is 1. The van der Waals surface area contributed by atoms with Crippen LogP contribution in [0.3, 0.4) is 0 Å². The second kappa shape index (κ2) is 4.77. The van der Waals surface area contributed by atoms with E-state index in [9.17, 15) is 0 Å². The lowest BCUT2D eigenvalue weighted by Crippen LogP contribution is -2.44. The van der Waals surface area contributed by atoms with Gasteiger partial charge in [-0.05, 0) is 23.7 Å². The number of fused-ring (bicyclic) bond motifs is 1. The van der Waals surface area contributed by atoms with E-state index in [0.717, 1.165) is 19.6 Å². The number of hydrogen-bond donors (Lipinski definition) is 1. The van der Waals surface area contributed by atoms with Gasteiger partial charge in [0.25, 0.3) is 0 Å². The SMILES string of the molecule is CN1CCN(Cc2cccc3c2CNC3)CC1. The van der Waals surface area contributed by atoms with Crippen LogP contribution in [-0.2, 0) is 19.6 Å². The molecule has 17 heavy (non-hydrogen) atoms. The van der Waals surface area contributed by atoms with Gasteiger partial charge in [0.15, 0.2) is 0 Å². The molecule has 2 aliphatic rings. The Labute approximate surface area is 103 Å². The molecule has 1 aromatic rings. The van der Waals surface area contributed by atoms with Crippen molar-refractivity contribution in [2.75, 3.05) is 33.2 Å². The van der Waals surface area contributed by atoms with Gasteiger partial charge in [-0.25, -0.2) is 0 Å². The Kier molecular flexibility index (Phi) is 3.14. The van der Waals surface area contributed by atoms with Crippen molar-refractivity contribution >= 4 is 0 Å². The molecule has 0 bridgehead atoms. The van der Waals surface area contributed by atoms with Crippen molar-refractivity contribution in [3.63, 3.8) is 0 Å². The van der Waals surface area contributed by atoms with Crippen molar-refractivity contribution in [1.82, 2.24) is 15.1 Å². The lowest BCUT2D eigenvalue weighted by Gasteiger charge is -2.32. The maximum atomic E-state index is 3.45. The summed E-state index contributed by atoms with van der Waals surface area (Å²) in [6, 6.07) is 6.75. The van der Waals surface area contributed by atoms with Gasteiger partial charge in [-0.3, -0.25) is 4.90 Å². The van der Waals surface area contributed by atoms with Gasteiger partial charge in [0.2, 0.25) is 0 Å². The summed E-state index contributed by atoms with van der Waals surface area (Å²) < 4.78 is 0. The van der Waals surface area contributed by atoms with Crippen LogP contribution in [0.2, 0.25) is 0 Å². The van der Waals surface area contributed by atoms with Crippen LogP contribution in [0.4, 0.5) is 0 Å². The first kappa shape index (κ1) is 11.2. The Balaban J connectivity index is 1.71. The predicted octanol–water partition coefficient (Wildman–Crippen LogP) is 1.04. The van der Waals surface area contributed by atoms with Gasteiger partial charge >= 0.3 is 0 Å². The third kappa shape index (κ3) is 2.37. The molecule has 3 heteroatoms. The molecule has 0 radical (unpaired) electrons.